The summed E-state index contributed by atoms with van der Waals surface area (Å²) in [7, 11) is 0. The van der Waals surface area contributed by atoms with Crippen LogP contribution in [-0.2, 0) is 18.1 Å². The number of aromatic nitrogens is 2. The minimum Gasteiger partial charge on any atom is -0.296 e. The van der Waals surface area contributed by atoms with E-state index in [0.29, 0.717) is 5.92 Å². The molecule has 0 aromatic carbocycles. The summed E-state index contributed by atoms with van der Waals surface area (Å²) in [6.45, 7) is 5.11. The number of hydrogen-bond acceptors (Lipinski definition) is 3. The van der Waals surface area contributed by atoms with Crippen LogP contribution < -0.4 is 0 Å². The van der Waals surface area contributed by atoms with Crippen LogP contribution in [0.1, 0.15) is 35.6 Å². The van der Waals surface area contributed by atoms with Gasteiger partial charge in [-0.15, -0.1) is 0 Å². The van der Waals surface area contributed by atoms with Crippen LogP contribution >= 0.6 is 11.8 Å². The van der Waals surface area contributed by atoms with E-state index < -0.39 is 0 Å². The van der Waals surface area contributed by atoms with E-state index in [-0.39, 0.29) is 0 Å². The molecule has 0 aliphatic carbocycles. The van der Waals surface area contributed by atoms with Gasteiger partial charge in [-0.3, -0.25) is 9.48 Å². The maximum absolute atomic E-state index is 11.0. The maximum atomic E-state index is 11.0. The van der Waals surface area contributed by atoms with Crippen molar-refractivity contribution in [1.82, 2.24) is 9.78 Å². The van der Waals surface area contributed by atoms with Crippen molar-refractivity contribution < 1.29 is 4.79 Å². The van der Waals surface area contributed by atoms with E-state index in [2.05, 4.69) is 18.9 Å². The molecule has 76 valence electrons. The Morgan fingerprint density at radius 2 is 2.36 bits per heavy atom. The van der Waals surface area contributed by atoms with Crippen LogP contribution in [0.5, 0.6) is 0 Å². The Balaban J connectivity index is 2.36. The molecule has 0 radical (unpaired) electrons. The first-order valence-corrected chi connectivity index (χ1v) is 5.99. The van der Waals surface area contributed by atoms with Gasteiger partial charge in [0.2, 0.25) is 0 Å². The molecule has 1 aromatic heterocycles. The van der Waals surface area contributed by atoms with Gasteiger partial charge in [0.15, 0.2) is 6.29 Å². The van der Waals surface area contributed by atoms with E-state index >= 15 is 0 Å². The van der Waals surface area contributed by atoms with E-state index in [4.69, 9.17) is 0 Å². The molecule has 1 aromatic rings. The molecule has 14 heavy (non-hydrogen) atoms. The lowest BCUT2D eigenvalue weighted by atomic mass is 10.2. The first-order valence-electron chi connectivity index (χ1n) is 4.84. The summed E-state index contributed by atoms with van der Waals surface area (Å²) < 4.78 is 1.86. The first-order chi connectivity index (χ1) is 6.72. The van der Waals surface area contributed by atoms with E-state index in [1.807, 2.05) is 16.4 Å². The van der Waals surface area contributed by atoms with Crippen molar-refractivity contribution in [3.63, 3.8) is 0 Å². The second-order valence-corrected chi connectivity index (χ2v) is 4.98. The zero-order valence-electron chi connectivity index (χ0n) is 8.49. The standard InChI is InChI=1S/C10H14N2OS/c1-7(2)3-12-10(4-13)8-5-14-6-9(8)11-12/h4,7H,3,5-6H2,1-2H3. The van der Waals surface area contributed by atoms with Crippen molar-refractivity contribution in [2.45, 2.75) is 31.9 Å². The molecule has 1 aliphatic rings. The van der Waals surface area contributed by atoms with Gasteiger partial charge in [0.05, 0.1) is 5.69 Å². The Hall–Kier alpha value is -0.770. The highest BCUT2D eigenvalue weighted by molar-refractivity contribution is 7.98. The second kappa shape index (κ2) is 3.77. The van der Waals surface area contributed by atoms with Crippen molar-refractivity contribution in [3.05, 3.63) is 17.0 Å². The lowest BCUT2D eigenvalue weighted by molar-refractivity contribution is 0.111. The predicted octanol–water partition coefficient (Wildman–Crippen LogP) is 2.10. The fourth-order valence-electron chi connectivity index (χ4n) is 1.70. The van der Waals surface area contributed by atoms with Gasteiger partial charge in [0.1, 0.15) is 5.69 Å². The largest absolute Gasteiger partial charge is 0.296 e. The van der Waals surface area contributed by atoms with Crippen LogP contribution in [0.15, 0.2) is 0 Å². The van der Waals surface area contributed by atoms with Gasteiger partial charge in [-0.25, -0.2) is 0 Å². The summed E-state index contributed by atoms with van der Waals surface area (Å²) in [5.74, 6) is 2.43. The van der Waals surface area contributed by atoms with Gasteiger partial charge in [-0.1, -0.05) is 13.8 Å². The third-order valence-electron chi connectivity index (χ3n) is 2.31. The summed E-state index contributed by atoms with van der Waals surface area (Å²) in [5.41, 5.74) is 3.06. The molecule has 1 aliphatic heterocycles. The van der Waals surface area contributed by atoms with Crippen LogP contribution in [0.25, 0.3) is 0 Å². The molecule has 2 heterocycles. The number of carbonyl (C=O) groups is 1. The Morgan fingerprint density at radius 3 is 3.00 bits per heavy atom. The predicted molar refractivity (Wildman–Crippen MR) is 57.5 cm³/mol. The highest BCUT2D eigenvalue weighted by atomic mass is 32.2. The maximum Gasteiger partial charge on any atom is 0.168 e. The normalized spacial score (nSPS) is 14.8. The highest BCUT2D eigenvalue weighted by Crippen LogP contribution is 2.31. The third-order valence-corrected chi connectivity index (χ3v) is 3.28. The zero-order valence-corrected chi connectivity index (χ0v) is 9.30. The Labute approximate surface area is 87.9 Å². The van der Waals surface area contributed by atoms with Crippen molar-refractivity contribution in [3.8, 4) is 0 Å². The van der Waals surface area contributed by atoms with E-state index in [0.717, 1.165) is 41.3 Å². The monoisotopic (exact) mass is 210 g/mol. The average Bonchev–Trinajstić information content (AvgIpc) is 2.62. The molecule has 4 heteroatoms. The second-order valence-electron chi connectivity index (χ2n) is 4.00. The Morgan fingerprint density at radius 1 is 1.57 bits per heavy atom. The molecular weight excluding hydrogens is 196 g/mol. The first kappa shape index (κ1) is 9.77. The molecule has 0 fully saturated rings. The number of carbonyl (C=O) groups excluding carboxylic acids is 1. The minimum absolute atomic E-state index is 0.529. The van der Waals surface area contributed by atoms with Gasteiger partial charge in [0, 0.05) is 23.6 Å². The SMILES string of the molecule is CC(C)Cn1nc2c(c1C=O)CSC2. The summed E-state index contributed by atoms with van der Waals surface area (Å²) in [5, 5.41) is 4.47. The van der Waals surface area contributed by atoms with Crippen molar-refractivity contribution in [2.24, 2.45) is 5.92 Å². The van der Waals surface area contributed by atoms with Crippen molar-refractivity contribution >= 4 is 18.0 Å². The van der Waals surface area contributed by atoms with E-state index in [1.54, 1.807) is 0 Å². The van der Waals surface area contributed by atoms with E-state index in [9.17, 15) is 4.79 Å². The fraction of sp³-hybridized carbons (Fsp3) is 0.600. The Kier molecular flexibility index (Phi) is 2.63. The quantitative estimate of drug-likeness (QED) is 0.717. The molecule has 0 amide bonds. The molecule has 3 nitrogen and oxygen atoms in total. The minimum atomic E-state index is 0.529. The number of aldehydes is 1. The van der Waals surface area contributed by atoms with Crippen LogP contribution in [0, 0.1) is 5.92 Å². The third kappa shape index (κ3) is 1.59. The van der Waals surface area contributed by atoms with Crippen molar-refractivity contribution in [1.29, 1.82) is 0 Å². The molecule has 0 unspecified atom stereocenters. The molecule has 0 spiro atoms. The summed E-state index contributed by atoms with van der Waals surface area (Å²) in [4.78, 5) is 11.0. The lowest BCUT2D eigenvalue weighted by Gasteiger charge is -2.07. The van der Waals surface area contributed by atoms with Gasteiger partial charge < -0.3 is 0 Å². The summed E-state index contributed by atoms with van der Waals surface area (Å²) in [6.07, 6.45) is 0.945. The fourth-order valence-corrected chi connectivity index (χ4v) is 2.75. The van der Waals surface area contributed by atoms with E-state index in [1.165, 1.54) is 0 Å². The zero-order chi connectivity index (χ0) is 10.1. The number of hydrogen-bond donors (Lipinski definition) is 0. The van der Waals surface area contributed by atoms with Gasteiger partial charge in [0.25, 0.3) is 0 Å². The molecule has 0 saturated carbocycles. The lowest BCUT2D eigenvalue weighted by Crippen LogP contribution is -2.10. The Bertz CT molecular complexity index is 357. The number of nitrogens with zero attached hydrogens (tertiary/aromatic N) is 2. The molecular formula is C10H14N2OS. The summed E-state index contributed by atoms with van der Waals surface area (Å²) in [6, 6.07) is 0. The number of rotatable bonds is 3. The van der Waals surface area contributed by atoms with Crippen LogP contribution in [0.2, 0.25) is 0 Å². The smallest absolute Gasteiger partial charge is 0.168 e. The summed E-state index contributed by atoms with van der Waals surface area (Å²) >= 11 is 1.83. The average molecular weight is 210 g/mol. The van der Waals surface area contributed by atoms with Crippen LogP contribution in [0.4, 0.5) is 0 Å². The molecule has 2 rings (SSSR count). The highest BCUT2D eigenvalue weighted by Gasteiger charge is 2.22. The topological polar surface area (TPSA) is 34.9 Å². The van der Waals surface area contributed by atoms with Crippen LogP contribution in [-0.4, -0.2) is 16.1 Å². The van der Waals surface area contributed by atoms with Crippen molar-refractivity contribution in [2.75, 3.05) is 0 Å². The molecule has 0 bridgehead atoms. The molecule has 0 saturated heterocycles. The molecule has 0 atom stereocenters. The van der Waals surface area contributed by atoms with Gasteiger partial charge >= 0.3 is 0 Å². The van der Waals surface area contributed by atoms with Crippen LogP contribution in [0.3, 0.4) is 0 Å². The van der Waals surface area contributed by atoms with Gasteiger partial charge in [-0.05, 0) is 5.92 Å². The number of fused-ring (bicyclic) bond motifs is 1. The van der Waals surface area contributed by atoms with Gasteiger partial charge in [-0.2, -0.15) is 16.9 Å². The molecule has 0 N–H and O–H groups in total. The number of thioether (sulfide) groups is 1.